The van der Waals surface area contributed by atoms with E-state index in [1.54, 1.807) is 7.11 Å². The maximum atomic E-state index is 11.7. The van der Waals surface area contributed by atoms with Crippen LogP contribution in [-0.2, 0) is 4.79 Å². The van der Waals surface area contributed by atoms with Gasteiger partial charge < -0.3 is 9.64 Å². The van der Waals surface area contributed by atoms with Gasteiger partial charge in [0.25, 0.3) is 0 Å². The standard InChI is InChI=1S/C17H20N2O2/c1-3-17(20)19-8-6-13(11-19)14-9-12-5-4-7-18-15(12)10-16(14)21-2/h3,5,9-10,13H,1,4,6-8,11H2,2H3. The van der Waals surface area contributed by atoms with E-state index in [-0.39, 0.29) is 5.91 Å². The lowest BCUT2D eigenvalue weighted by Gasteiger charge is -2.17. The van der Waals surface area contributed by atoms with Gasteiger partial charge in [0.2, 0.25) is 5.91 Å². The number of ether oxygens (including phenoxy) is 1. The average molecular weight is 284 g/mol. The minimum atomic E-state index is 0.0102. The van der Waals surface area contributed by atoms with E-state index in [0.717, 1.165) is 43.6 Å². The Kier molecular flexibility index (Phi) is 3.78. The predicted octanol–water partition coefficient (Wildman–Crippen LogP) is 1.00. The van der Waals surface area contributed by atoms with Gasteiger partial charge in [-0.15, -0.1) is 0 Å². The fourth-order valence-electron chi connectivity index (χ4n) is 3.15. The van der Waals surface area contributed by atoms with Gasteiger partial charge in [-0.2, -0.15) is 0 Å². The van der Waals surface area contributed by atoms with Crippen LogP contribution in [0.25, 0.3) is 6.08 Å². The van der Waals surface area contributed by atoms with Crippen LogP contribution < -0.4 is 15.3 Å². The second kappa shape index (κ2) is 5.72. The average Bonchev–Trinajstić information content (AvgIpc) is 3.02. The van der Waals surface area contributed by atoms with Crippen LogP contribution in [0.5, 0.6) is 5.75 Å². The molecule has 0 spiro atoms. The topological polar surface area (TPSA) is 41.9 Å². The molecule has 1 saturated heterocycles. The highest BCUT2D eigenvalue weighted by molar-refractivity contribution is 5.87. The minimum Gasteiger partial charge on any atom is -0.496 e. The number of amides is 1. The summed E-state index contributed by atoms with van der Waals surface area (Å²) in [5.74, 6) is 1.21. The summed E-state index contributed by atoms with van der Waals surface area (Å²) in [5, 5.41) is 2.20. The maximum absolute atomic E-state index is 11.7. The molecule has 4 nitrogen and oxygen atoms in total. The van der Waals surface area contributed by atoms with Crippen molar-refractivity contribution in [3.8, 4) is 5.75 Å². The van der Waals surface area contributed by atoms with Crippen LogP contribution in [0.15, 0.2) is 29.8 Å². The molecule has 0 saturated carbocycles. The van der Waals surface area contributed by atoms with Crippen LogP contribution in [0.4, 0.5) is 0 Å². The first-order valence-corrected chi connectivity index (χ1v) is 7.37. The number of benzene rings is 1. The van der Waals surface area contributed by atoms with Crippen LogP contribution in [0.2, 0.25) is 0 Å². The van der Waals surface area contributed by atoms with Crippen molar-refractivity contribution in [2.24, 2.45) is 4.99 Å². The van der Waals surface area contributed by atoms with Gasteiger partial charge in [-0.1, -0.05) is 12.7 Å². The molecule has 0 bridgehead atoms. The number of carbonyl (C=O) groups is 1. The van der Waals surface area contributed by atoms with Crippen molar-refractivity contribution >= 4 is 12.0 Å². The lowest BCUT2D eigenvalue weighted by atomic mass is 9.96. The summed E-state index contributed by atoms with van der Waals surface area (Å²) in [4.78, 5) is 18.1. The molecular weight excluding hydrogens is 264 g/mol. The third-order valence-corrected chi connectivity index (χ3v) is 4.27. The number of hydrogen-bond donors (Lipinski definition) is 0. The number of methoxy groups -OCH3 is 1. The summed E-state index contributed by atoms with van der Waals surface area (Å²) >= 11 is 0. The zero-order chi connectivity index (χ0) is 14.8. The molecule has 21 heavy (non-hydrogen) atoms. The first-order chi connectivity index (χ1) is 10.2. The Morgan fingerprint density at radius 3 is 3.14 bits per heavy atom. The monoisotopic (exact) mass is 284 g/mol. The quantitative estimate of drug-likeness (QED) is 0.777. The van der Waals surface area contributed by atoms with Gasteiger partial charge in [0.05, 0.1) is 12.5 Å². The SMILES string of the molecule is C=CC(=O)N1CCC(c2cc3c(cc2OC)=NCCC=3)C1. The first-order valence-electron chi connectivity index (χ1n) is 7.37. The number of rotatable bonds is 3. The smallest absolute Gasteiger partial charge is 0.245 e. The second-order valence-electron chi connectivity index (χ2n) is 5.50. The molecule has 0 aromatic heterocycles. The van der Waals surface area contributed by atoms with E-state index in [0.29, 0.717) is 5.92 Å². The van der Waals surface area contributed by atoms with E-state index in [1.165, 1.54) is 16.9 Å². The van der Waals surface area contributed by atoms with Crippen molar-refractivity contribution < 1.29 is 9.53 Å². The summed E-state index contributed by atoms with van der Waals surface area (Å²) in [5.41, 5.74) is 1.18. The van der Waals surface area contributed by atoms with Crippen LogP contribution in [0, 0.1) is 0 Å². The second-order valence-corrected chi connectivity index (χ2v) is 5.50. The number of likely N-dealkylation sites (tertiary alicyclic amines) is 1. The molecule has 1 aromatic rings. The molecule has 1 aromatic carbocycles. The molecule has 110 valence electrons. The molecule has 1 unspecified atom stereocenters. The zero-order valence-electron chi connectivity index (χ0n) is 12.3. The Morgan fingerprint density at radius 2 is 2.38 bits per heavy atom. The molecule has 1 fully saturated rings. The Hall–Kier alpha value is -2.10. The third kappa shape index (κ3) is 2.58. The van der Waals surface area contributed by atoms with Crippen molar-refractivity contribution in [3.63, 3.8) is 0 Å². The van der Waals surface area contributed by atoms with Crippen LogP contribution in [0.3, 0.4) is 0 Å². The van der Waals surface area contributed by atoms with Gasteiger partial charge in [-0.25, -0.2) is 0 Å². The van der Waals surface area contributed by atoms with E-state index >= 15 is 0 Å². The third-order valence-electron chi connectivity index (χ3n) is 4.27. The van der Waals surface area contributed by atoms with E-state index in [4.69, 9.17) is 4.74 Å². The molecule has 0 aliphatic carbocycles. The van der Waals surface area contributed by atoms with Gasteiger partial charge >= 0.3 is 0 Å². The number of carbonyl (C=O) groups excluding carboxylic acids is 1. The van der Waals surface area contributed by atoms with Crippen LogP contribution in [0.1, 0.15) is 24.3 Å². The molecule has 2 aliphatic rings. The Morgan fingerprint density at radius 1 is 1.52 bits per heavy atom. The lowest BCUT2D eigenvalue weighted by molar-refractivity contribution is -0.125. The van der Waals surface area contributed by atoms with Crippen molar-refractivity contribution in [2.75, 3.05) is 26.7 Å². The van der Waals surface area contributed by atoms with Crippen molar-refractivity contribution in [2.45, 2.75) is 18.8 Å². The van der Waals surface area contributed by atoms with Gasteiger partial charge in [0.15, 0.2) is 0 Å². The minimum absolute atomic E-state index is 0.0102. The Bertz CT molecular complexity index is 693. The van der Waals surface area contributed by atoms with Gasteiger partial charge in [-0.05, 0) is 35.8 Å². The molecule has 1 atom stereocenters. The molecule has 1 amide bonds. The molecule has 4 heteroatoms. The zero-order valence-corrected chi connectivity index (χ0v) is 12.3. The van der Waals surface area contributed by atoms with Crippen LogP contribution >= 0.6 is 0 Å². The van der Waals surface area contributed by atoms with Crippen molar-refractivity contribution in [1.82, 2.24) is 4.90 Å². The van der Waals surface area contributed by atoms with E-state index in [1.807, 2.05) is 11.0 Å². The number of fused-ring (bicyclic) bond motifs is 1. The predicted molar refractivity (Wildman–Crippen MR) is 81.9 cm³/mol. The maximum Gasteiger partial charge on any atom is 0.245 e. The number of nitrogens with zero attached hydrogens (tertiary/aromatic N) is 2. The summed E-state index contributed by atoms with van der Waals surface area (Å²) in [7, 11) is 1.69. The largest absolute Gasteiger partial charge is 0.496 e. The molecule has 2 heterocycles. The van der Waals surface area contributed by atoms with Crippen LogP contribution in [-0.4, -0.2) is 37.6 Å². The number of hydrogen-bond acceptors (Lipinski definition) is 3. The van der Waals surface area contributed by atoms with Crippen molar-refractivity contribution in [1.29, 1.82) is 0 Å². The molecule has 2 aliphatic heterocycles. The first kappa shape index (κ1) is 13.9. The molecular formula is C17H20N2O2. The summed E-state index contributed by atoms with van der Waals surface area (Å²) in [6, 6.07) is 4.21. The highest BCUT2D eigenvalue weighted by Crippen LogP contribution is 2.32. The molecule has 0 radical (unpaired) electrons. The fraction of sp³-hybridized carbons (Fsp3) is 0.412. The van der Waals surface area contributed by atoms with Gasteiger partial charge in [0, 0.05) is 31.6 Å². The van der Waals surface area contributed by atoms with E-state index in [2.05, 4.69) is 23.7 Å². The fourth-order valence-corrected chi connectivity index (χ4v) is 3.15. The Labute approximate surface area is 124 Å². The Balaban J connectivity index is 1.96. The lowest BCUT2D eigenvalue weighted by Crippen LogP contribution is -2.30. The van der Waals surface area contributed by atoms with E-state index < -0.39 is 0 Å². The molecule has 3 rings (SSSR count). The highest BCUT2D eigenvalue weighted by Gasteiger charge is 2.28. The van der Waals surface area contributed by atoms with Gasteiger partial charge in [0.1, 0.15) is 5.75 Å². The summed E-state index contributed by atoms with van der Waals surface area (Å²) < 4.78 is 5.55. The highest BCUT2D eigenvalue weighted by atomic mass is 16.5. The summed E-state index contributed by atoms with van der Waals surface area (Å²) in [6.07, 6.45) is 5.57. The van der Waals surface area contributed by atoms with Gasteiger partial charge in [-0.3, -0.25) is 9.79 Å². The van der Waals surface area contributed by atoms with E-state index in [9.17, 15) is 4.79 Å². The van der Waals surface area contributed by atoms with Crippen molar-refractivity contribution in [3.05, 3.63) is 40.9 Å². The summed E-state index contributed by atoms with van der Waals surface area (Å²) in [6.45, 7) is 5.92. The molecule has 0 N–H and O–H groups in total. The normalized spacial score (nSPS) is 20.2.